The van der Waals surface area contributed by atoms with Crippen LogP contribution in [0, 0.1) is 10.1 Å². The molecule has 0 aliphatic carbocycles. The molecular formula is C14H15N3O6. The number of carboxylic acids is 1. The van der Waals surface area contributed by atoms with E-state index in [-0.39, 0.29) is 24.7 Å². The van der Waals surface area contributed by atoms with E-state index in [0.29, 0.717) is 10.9 Å². The monoisotopic (exact) mass is 321 g/mol. The van der Waals surface area contributed by atoms with Crippen molar-refractivity contribution in [3.8, 4) is 0 Å². The smallest absolute Gasteiger partial charge is 0.334 e. The number of carbonyl (C=O) groups excluding carboxylic acids is 1. The number of aromatic nitrogens is 1. The number of methoxy groups -OCH3 is 1. The fourth-order valence-corrected chi connectivity index (χ4v) is 2.13. The standard InChI is InChI=1S/C14H15N3O6/c1-23-12(14(19)20)7-15-13(18)8-16-5-4-9-6-10(17(21)22)2-3-11(9)16/h2-6,12H,7-8H2,1H3,(H,15,18)(H,19,20). The Hall–Kier alpha value is -2.94. The third kappa shape index (κ3) is 3.83. The number of fused-ring (bicyclic) bond motifs is 1. The van der Waals surface area contributed by atoms with Crippen molar-refractivity contribution in [1.82, 2.24) is 9.88 Å². The van der Waals surface area contributed by atoms with Crippen molar-refractivity contribution < 1.29 is 24.4 Å². The van der Waals surface area contributed by atoms with Crippen molar-refractivity contribution in [2.75, 3.05) is 13.7 Å². The van der Waals surface area contributed by atoms with E-state index in [2.05, 4.69) is 5.32 Å². The van der Waals surface area contributed by atoms with Crippen molar-refractivity contribution in [2.24, 2.45) is 0 Å². The molecule has 1 heterocycles. The SMILES string of the molecule is COC(CNC(=O)Cn1ccc2cc([N+](=O)[O-])ccc21)C(=O)O. The number of hydrogen-bond acceptors (Lipinski definition) is 5. The molecule has 9 nitrogen and oxygen atoms in total. The Labute approximate surface area is 130 Å². The third-order valence-corrected chi connectivity index (χ3v) is 3.32. The van der Waals surface area contributed by atoms with Crippen LogP contribution in [0.1, 0.15) is 0 Å². The highest BCUT2D eigenvalue weighted by atomic mass is 16.6. The summed E-state index contributed by atoms with van der Waals surface area (Å²) in [6.07, 6.45) is 0.530. The summed E-state index contributed by atoms with van der Waals surface area (Å²) in [5.74, 6) is -1.55. The molecule has 0 spiro atoms. The van der Waals surface area contributed by atoms with Crippen LogP contribution in [0.3, 0.4) is 0 Å². The lowest BCUT2D eigenvalue weighted by molar-refractivity contribution is -0.384. The van der Waals surface area contributed by atoms with E-state index < -0.39 is 17.0 Å². The van der Waals surface area contributed by atoms with E-state index in [9.17, 15) is 19.7 Å². The maximum absolute atomic E-state index is 11.9. The summed E-state index contributed by atoms with van der Waals surface area (Å²) in [7, 11) is 1.25. The molecule has 1 amide bonds. The van der Waals surface area contributed by atoms with Crippen LogP contribution in [0.2, 0.25) is 0 Å². The molecule has 0 fully saturated rings. The lowest BCUT2D eigenvalue weighted by atomic mass is 10.2. The van der Waals surface area contributed by atoms with Gasteiger partial charge in [0.05, 0.1) is 11.5 Å². The highest BCUT2D eigenvalue weighted by molar-refractivity contribution is 5.85. The largest absolute Gasteiger partial charge is 0.479 e. The summed E-state index contributed by atoms with van der Waals surface area (Å²) < 4.78 is 6.34. The number of non-ortho nitro benzene ring substituents is 1. The number of carbonyl (C=O) groups is 2. The molecule has 0 saturated carbocycles. The maximum Gasteiger partial charge on any atom is 0.334 e. The summed E-state index contributed by atoms with van der Waals surface area (Å²) in [6, 6.07) is 6.03. The summed E-state index contributed by atoms with van der Waals surface area (Å²) in [6.45, 7) is -0.174. The average molecular weight is 321 g/mol. The number of nitrogens with one attached hydrogen (secondary N) is 1. The topological polar surface area (TPSA) is 124 Å². The number of ether oxygens (including phenoxy) is 1. The van der Waals surface area contributed by atoms with E-state index in [1.165, 1.54) is 19.2 Å². The summed E-state index contributed by atoms with van der Waals surface area (Å²) in [5, 5.41) is 22.7. The van der Waals surface area contributed by atoms with Gasteiger partial charge in [-0.1, -0.05) is 0 Å². The van der Waals surface area contributed by atoms with Gasteiger partial charge in [-0.3, -0.25) is 14.9 Å². The number of nitro groups is 1. The Morgan fingerprint density at radius 2 is 2.17 bits per heavy atom. The first kappa shape index (κ1) is 16.4. The molecule has 1 aromatic carbocycles. The van der Waals surface area contributed by atoms with Crippen molar-refractivity contribution in [3.05, 3.63) is 40.6 Å². The quantitative estimate of drug-likeness (QED) is 0.573. The number of aliphatic carboxylic acids is 1. The minimum absolute atomic E-state index is 0.0240. The molecule has 2 rings (SSSR count). The second-order valence-corrected chi connectivity index (χ2v) is 4.81. The maximum atomic E-state index is 11.9. The van der Waals surface area contributed by atoms with Gasteiger partial charge in [0, 0.05) is 36.3 Å². The Morgan fingerprint density at radius 1 is 1.43 bits per heavy atom. The molecule has 2 aromatic rings. The van der Waals surface area contributed by atoms with Gasteiger partial charge in [-0.05, 0) is 12.1 Å². The average Bonchev–Trinajstić information content (AvgIpc) is 2.89. The number of nitrogens with zero attached hydrogens (tertiary/aromatic N) is 2. The van der Waals surface area contributed by atoms with Gasteiger partial charge in [0.2, 0.25) is 5.91 Å². The van der Waals surface area contributed by atoms with Crippen molar-refractivity contribution >= 4 is 28.5 Å². The molecule has 1 atom stereocenters. The molecular weight excluding hydrogens is 306 g/mol. The zero-order valence-corrected chi connectivity index (χ0v) is 12.3. The van der Waals surface area contributed by atoms with Gasteiger partial charge in [0.25, 0.3) is 5.69 Å². The molecule has 122 valence electrons. The van der Waals surface area contributed by atoms with E-state index in [1.54, 1.807) is 22.9 Å². The van der Waals surface area contributed by atoms with E-state index in [4.69, 9.17) is 9.84 Å². The van der Waals surface area contributed by atoms with Crippen LogP contribution in [0.5, 0.6) is 0 Å². The molecule has 0 radical (unpaired) electrons. The van der Waals surface area contributed by atoms with Crippen LogP contribution in [0.25, 0.3) is 10.9 Å². The van der Waals surface area contributed by atoms with E-state index in [0.717, 1.165) is 0 Å². The molecule has 0 bridgehead atoms. The number of nitro benzene ring substituents is 1. The Morgan fingerprint density at radius 3 is 2.78 bits per heavy atom. The van der Waals surface area contributed by atoms with Gasteiger partial charge in [0.1, 0.15) is 6.54 Å². The van der Waals surface area contributed by atoms with Crippen molar-refractivity contribution in [1.29, 1.82) is 0 Å². The van der Waals surface area contributed by atoms with E-state index >= 15 is 0 Å². The van der Waals surface area contributed by atoms with Crippen LogP contribution in [-0.4, -0.2) is 46.2 Å². The molecule has 0 aliphatic heterocycles. The predicted octanol–water partition coefficient (Wildman–Crippen LogP) is 0.765. The lowest BCUT2D eigenvalue weighted by Gasteiger charge is -2.12. The van der Waals surface area contributed by atoms with Crippen LogP contribution >= 0.6 is 0 Å². The first-order valence-corrected chi connectivity index (χ1v) is 6.68. The Bertz CT molecular complexity index is 754. The summed E-state index contributed by atoms with van der Waals surface area (Å²) in [4.78, 5) is 32.9. The fourth-order valence-electron chi connectivity index (χ4n) is 2.13. The van der Waals surface area contributed by atoms with Crippen LogP contribution in [0.4, 0.5) is 5.69 Å². The molecule has 0 saturated heterocycles. The van der Waals surface area contributed by atoms with Gasteiger partial charge in [-0.2, -0.15) is 0 Å². The summed E-state index contributed by atoms with van der Waals surface area (Å²) in [5.41, 5.74) is 0.649. The zero-order valence-electron chi connectivity index (χ0n) is 12.3. The third-order valence-electron chi connectivity index (χ3n) is 3.32. The fraction of sp³-hybridized carbons (Fsp3) is 0.286. The second kappa shape index (κ2) is 6.88. The van der Waals surface area contributed by atoms with Gasteiger partial charge >= 0.3 is 5.97 Å². The van der Waals surface area contributed by atoms with Crippen molar-refractivity contribution in [2.45, 2.75) is 12.6 Å². The molecule has 1 unspecified atom stereocenters. The second-order valence-electron chi connectivity index (χ2n) is 4.81. The highest BCUT2D eigenvalue weighted by Crippen LogP contribution is 2.21. The zero-order chi connectivity index (χ0) is 17.0. The number of benzene rings is 1. The van der Waals surface area contributed by atoms with Crippen LogP contribution < -0.4 is 5.32 Å². The minimum Gasteiger partial charge on any atom is -0.479 e. The van der Waals surface area contributed by atoms with Gasteiger partial charge in [0.15, 0.2) is 6.10 Å². The van der Waals surface area contributed by atoms with Gasteiger partial charge in [-0.15, -0.1) is 0 Å². The summed E-state index contributed by atoms with van der Waals surface area (Å²) >= 11 is 0. The first-order chi connectivity index (χ1) is 10.9. The van der Waals surface area contributed by atoms with Crippen molar-refractivity contribution in [3.63, 3.8) is 0 Å². The molecule has 9 heteroatoms. The highest BCUT2D eigenvalue weighted by Gasteiger charge is 2.17. The minimum atomic E-state index is -1.16. The number of hydrogen-bond donors (Lipinski definition) is 2. The lowest BCUT2D eigenvalue weighted by Crippen LogP contribution is -2.39. The van der Waals surface area contributed by atoms with Gasteiger partial charge in [-0.25, -0.2) is 4.79 Å². The molecule has 1 aromatic heterocycles. The van der Waals surface area contributed by atoms with Crippen LogP contribution in [0.15, 0.2) is 30.5 Å². The number of carboxylic acid groups (broad SMARTS) is 1. The molecule has 2 N–H and O–H groups in total. The van der Waals surface area contributed by atoms with E-state index in [1.807, 2.05) is 0 Å². The number of rotatable bonds is 7. The Balaban J connectivity index is 2.05. The normalized spacial score (nSPS) is 12.0. The predicted molar refractivity (Wildman–Crippen MR) is 80.0 cm³/mol. The van der Waals surface area contributed by atoms with Gasteiger partial charge < -0.3 is 19.7 Å². The first-order valence-electron chi connectivity index (χ1n) is 6.68. The molecule has 0 aliphatic rings. The number of amides is 1. The Kier molecular flexibility index (Phi) is 4.91. The van der Waals surface area contributed by atoms with Crippen LogP contribution in [-0.2, 0) is 20.9 Å². The molecule has 23 heavy (non-hydrogen) atoms.